The van der Waals surface area contributed by atoms with Crippen molar-refractivity contribution in [2.45, 2.75) is 46.7 Å². The second-order valence-electron chi connectivity index (χ2n) is 3.35. The summed E-state index contributed by atoms with van der Waals surface area (Å²) < 4.78 is 0. The van der Waals surface area contributed by atoms with Crippen LogP contribution >= 0.6 is 0 Å². The molecular formula is C11H19N. The maximum atomic E-state index is 3.12. The van der Waals surface area contributed by atoms with E-state index >= 15 is 0 Å². The average molecular weight is 165 g/mol. The van der Waals surface area contributed by atoms with Crippen molar-refractivity contribution in [1.82, 2.24) is 4.90 Å². The van der Waals surface area contributed by atoms with E-state index in [-0.39, 0.29) is 0 Å². The van der Waals surface area contributed by atoms with Crippen LogP contribution in [0.3, 0.4) is 0 Å². The molecular weight excluding hydrogens is 146 g/mol. The van der Waals surface area contributed by atoms with Crippen LogP contribution in [0.25, 0.3) is 0 Å². The van der Waals surface area contributed by atoms with Crippen molar-refractivity contribution in [3.8, 4) is 12.0 Å². The molecule has 12 heavy (non-hydrogen) atoms. The first-order chi connectivity index (χ1) is 5.59. The highest BCUT2D eigenvalue weighted by Crippen LogP contribution is 2.01. The Kier molecular flexibility index (Phi) is 5.28. The lowest BCUT2D eigenvalue weighted by molar-refractivity contribution is 0.274. The van der Waals surface area contributed by atoms with E-state index < -0.39 is 0 Å². The van der Waals surface area contributed by atoms with Gasteiger partial charge in [0.05, 0.1) is 0 Å². The molecule has 0 aliphatic carbocycles. The normalized spacial score (nSPS) is 10.6. The minimum atomic E-state index is 0.489. The van der Waals surface area contributed by atoms with E-state index in [2.05, 4.69) is 44.6 Å². The fourth-order valence-corrected chi connectivity index (χ4v) is 1.05. The van der Waals surface area contributed by atoms with Gasteiger partial charge >= 0.3 is 0 Å². The number of hydrogen-bond acceptors (Lipinski definition) is 1. The highest BCUT2D eigenvalue weighted by atomic mass is 15.1. The molecule has 0 radical (unpaired) electrons. The SMILES string of the molecule is C/C=C/C#CN(C(C)C)C(C)C. The van der Waals surface area contributed by atoms with Gasteiger partial charge in [-0.2, -0.15) is 0 Å². The van der Waals surface area contributed by atoms with Crippen LogP contribution < -0.4 is 0 Å². The van der Waals surface area contributed by atoms with Crippen LogP contribution in [0.1, 0.15) is 34.6 Å². The van der Waals surface area contributed by atoms with Gasteiger partial charge in [0.2, 0.25) is 0 Å². The third-order valence-electron chi connectivity index (χ3n) is 1.56. The monoisotopic (exact) mass is 165 g/mol. The molecule has 0 heterocycles. The van der Waals surface area contributed by atoms with Crippen molar-refractivity contribution in [2.24, 2.45) is 0 Å². The summed E-state index contributed by atoms with van der Waals surface area (Å²) >= 11 is 0. The average Bonchev–Trinajstić information content (AvgIpc) is 1.96. The molecule has 1 nitrogen and oxygen atoms in total. The molecule has 0 rings (SSSR count). The zero-order valence-electron chi connectivity index (χ0n) is 8.76. The zero-order chi connectivity index (χ0) is 9.56. The smallest absolute Gasteiger partial charge is 0.0318 e. The van der Waals surface area contributed by atoms with Crippen LogP contribution in [0, 0.1) is 12.0 Å². The number of rotatable bonds is 2. The Morgan fingerprint density at radius 2 is 1.58 bits per heavy atom. The van der Waals surface area contributed by atoms with Gasteiger partial charge < -0.3 is 4.90 Å². The predicted molar refractivity (Wildman–Crippen MR) is 54.7 cm³/mol. The maximum Gasteiger partial charge on any atom is 0.0318 e. The molecule has 0 bridgehead atoms. The molecule has 0 atom stereocenters. The summed E-state index contributed by atoms with van der Waals surface area (Å²) in [6, 6.07) is 4.09. The third-order valence-corrected chi connectivity index (χ3v) is 1.56. The molecule has 0 aromatic carbocycles. The van der Waals surface area contributed by atoms with Gasteiger partial charge in [-0.05, 0) is 40.7 Å². The minimum absolute atomic E-state index is 0.489. The van der Waals surface area contributed by atoms with E-state index in [1.54, 1.807) is 0 Å². The highest BCUT2D eigenvalue weighted by molar-refractivity contribution is 5.14. The molecule has 0 aromatic heterocycles. The van der Waals surface area contributed by atoms with E-state index in [0.717, 1.165) is 0 Å². The van der Waals surface area contributed by atoms with Gasteiger partial charge in [0, 0.05) is 18.1 Å². The van der Waals surface area contributed by atoms with E-state index in [1.165, 1.54) is 0 Å². The van der Waals surface area contributed by atoms with Crippen LogP contribution in [0.5, 0.6) is 0 Å². The van der Waals surface area contributed by atoms with E-state index in [9.17, 15) is 0 Å². The number of allylic oxidation sites excluding steroid dienone is 2. The molecule has 0 N–H and O–H groups in total. The first-order valence-corrected chi connectivity index (χ1v) is 4.50. The molecule has 0 unspecified atom stereocenters. The van der Waals surface area contributed by atoms with Crippen molar-refractivity contribution < 1.29 is 0 Å². The van der Waals surface area contributed by atoms with Gasteiger partial charge in [0.1, 0.15) is 0 Å². The van der Waals surface area contributed by atoms with Gasteiger partial charge in [-0.1, -0.05) is 12.0 Å². The Balaban J connectivity index is 4.26. The lowest BCUT2D eigenvalue weighted by atomic mass is 10.2. The third kappa shape index (κ3) is 4.08. The lowest BCUT2D eigenvalue weighted by Gasteiger charge is -2.25. The quantitative estimate of drug-likeness (QED) is 0.449. The van der Waals surface area contributed by atoms with Crippen LogP contribution in [-0.2, 0) is 0 Å². The molecule has 0 amide bonds. The van der Waals surface area contributed by atoms with E-state index in [1.807, 2.05) is 19.1 Å². The first kappa shape index (κ1) is 11.1. The summed E-state index contributed by atoms with van der Waals surface area (Å²) in [7, 11) is 0. The van der Waals surface area contributed by atoms with E-state index in [0.29, 0.717) is 12.1 Å². The Labute approximate surface area is 76.5 Å². The van der Waals surface area contributed by atoms with Crippen molar-refractivity contribution in [2.75, 3.05) is 0 Å². The van der Waals surface area contributed by atoms with Crippen LogP contribution in [0.2, 0.25) is 0 Å². The Bertz CT molecular complexity index is 183. The van der Waals surface area contributed by atoms with Gasteiger partial charge in [0.15, 0.2) is 0 Å². The maximum absolute atomic E-state index is 3.12. The molecule has 0 aliphatic heterocycles. The summed E-state index contributed by atoms with van der Waals surface area (Å²) in [5, 5.41) is 0. The Morgan fingerprint density at radius 3 is 1.92 bits per heavy atom. The van der Waals surface area contributed by atoms with Crippen molar-refractivity contribution in [1.29, 1.82) is 0 Å². The van der Waals surface area contributed by atoms with E-state index in [4.69, 9.17) is 0 Å². The summed E-state index contributed by atoms with van der Waals surface area (Å²) in [6.07, 6.45) is 3.82. The van der Waals surface area contributed by atoms with Crippen molar-refractivity contribution in [3.63, 3.8) is 0 Å². The summed E-state index contributed by atoms with van der Waals surface area (Å²) in [6.45, 7) is 10.6. The van der Waals surface area contributed by atoms with Crippen molar-refractivity contribution in [3.05, 3.63) is 12.2 Å². The topological polar surface area (TPSA) is 3.24 Å². The number of nitrogens with zero attached hydrogens (tertiary/aromatic N) is 1. The number of hydrogen-bond donors (Lipinski definition) is 0. The van der Waals surface area contributed by atoms with Crippen molar-refractivity contribution >= 4 is 0 Å². The molecule has 0 saturated carbocycles. The molecule has 0 spiro atoms. The van der Waals surface area contributed by atoms with Gasteiger partial charge in [-0.15, -0.1) is 0 Å². The summed E-state index contributed by atoms with van der Waals surface area (Å²) in [5.74, 6) is 2.99. The molecule has 68 valence electrons. The molecule has 0 aromatic rings. The predicted octanol–water partition coefficient (Wildman–Crippen LogP) is 2.64. The minimum Gasteiger partial charge on any atom is -0.327 e. The fraction of sp³-hybridized carbons (Fsp3) is 0.636. The Hall–Kier alpha value is -0.900. The fourth-order valence-electron chi connectivity index (χ4n) is 1.05. The van der Waals surface area contributed by atoms with Crippen LogP contribution in [0.4, 0.5) is 0 Å². The lowest BCUT2D eigenvalue weighted by Crippen LogP contribution is -2.32. The standard InChI is InChI=1S/C11H19N/c1-6-7-8-9-12(10(2)3)11(4)5/h6-7,10-11H,1-5H3/b7-6+. The largest absolute Gasteiger partial charge is 0.327 e. The molecule has 0 saturated heterocycles. The molecule has 0 aliphatic rings. The second-order valence-corrected chi connectivity index (χ2v) is 3.35. The summed E-state index contributed by atoms with van der Waals surface area (Å²) in [5.41, 5.74) is 0. The zero-order valence-corrected chi connectivity index (χ0v) is 8.76. The summed E-state index contributed by atoms with van der Waals surface area (Å²) in [4.78, 5) is 2.15. The van der Waals surface area contributed by atoms with Crippen LogP contribution in [-0.4, -0.2) is 17.0 Å². The Morgan fingerprint density at radius 1 is 1.08 bits per heavy atom. The van der Waals surface area contributed by atoms with Gasteiger partial charge in [0.25, 0.3) is 0 Å². The molecule has 1 heteroatoms. The van der Waals surface area contributed by atoms with Gasteiger partial charge in [-0.3, -0.25) is 0 Å². The van der Waals surface area contributed by atoms with Gasteiger partial charge in [-0.25, -0.2) is 0 Å². The van der Waals surface area contributed by atoms with Crippen LogP contribution in [0.15, 0.2) is 12.2 Å². The first-order valence-electron chi connectivity index (χ1n) is 4.50. The highest BCUT2D eigenvalue weighted by Gasteiger charge is 2.07. The second kappa shape index (κ2) is 5.71. The molecule has 0 fully saturated rings.